The van der Waals surface area contributed by atoms with Crippen molar-refractivity contribution in [2.75, 3.05) is 6.61 Å². The smallest absolute Gasteiger partial charge is 0.137 e. The first kappa shape index (κ1) is 21.6. The molecule has 0 aromatic carbocycles. The van der Waals surface area contributed by atoms with Gasteiger partial charge < -0.3 is 5.11 Å². The normalized spacial score (nSPS) is 43.6. The van der Waals surface area contributed by atoms with Crippen molar-refractivity contribution < 1.29 is 9.90 Å². The van der Waals surface area contributed by atoms with Crippen LogP contribution in [0.25, 0.3) is 0 Å². The highest BCUT2D eigenvalue weighted by Crippen LogP contribution is 2.67. The number of carbonyl (C=O) groups excluding carboxylic acids is 1. The highest BCUT2D eigenvalue weighted by atomic mass is 16.3. The monoisotopic (exact) mass is 400 g/mol. The number of rotatable bonds is 6. The number of carbonyl (C=O) groups is 1. The van der Waals surface area contributed by atoms with Crippen LogP contribution in [0.15, 0.2) is 11.6 Å². The van der Waals surface area contributed by atoms with Gasteiger partial charge in [-0.1, -0.05) is 45.8 Å². The second kappa shape index (κ2) is 8.13. The highest BCUT2D eigenvalue weighted by Gasteiger charge is 2.58. The molecule has 1 N–H and O–H groups in total. The molecule has 0 aromatic rings. The standard InChI is InChI=1S/C27H44O2/c1-18(8-13-25(29)19(2)17-28)22-11-12-23-21-10-9-20-7-5-6-15-26(20,3)24(21)14-16-27(22,23)4/h9,18-19,21-24,28H,5-8,10-17H2,1-4H3/t18-,19?,21+,22-,23+,24+,26+,27-/m1/s1. The van der Waals surface area contributed by atoms with E-state index in [4.69, 9.17) is 0 Å². The fourth-order valence-electron chi connectivity index (χ4n) is 8.59. The van der Waals surface area contributed by atoms with Crippen molar-refractivity contribution >= 4 is 5.78 Å². The summed E-state index contributed by atoms with van der Waals surface area (Å²) >= 11 is 0. The molecule has 0 aliphatic heterocycles. The van der Waals surface area contributed by atoms with Crippen LogP contribution in [0.3, 0.4) is 0 Å². The molecule has 0 bridgehead atoms. The van der Waals surface area contributed by atoms with Gasteiger partial charge in [-0.15, -0.1) is 0 Å². The van der Waals surface area contributed by atoms with E-state index >= 15 is 0 Å². The van der Waals surface area contributed by atoms with Gasteiger partial charge >= 0.3 is 0 Å². The molecule has 4 rings (SSSR count). The fraction of sp³-hybridized carbons (Fsp3) is 0.889. The fourth-order valence-corrected chi connectivity index (χ4v) is 8.59. The van der Waals surface area contributed by atoms with Crippen LogP contribution in [0.5, 0.6) is 0 Å². The third-order valence-electron chi connectivity index (χ3n) is 10.4. The number of aliphatic hydroxyl groups excluding tert-OH is 1. The molecule has 2 nitrogen and oxygen atoms in total. The second-order valence-corrected chi connectivity index (χ2v) is 11.8. The zero-order chi connectivity index (χ0) is 20.8. The first-order valence-corrected chi connectivity index (χ1v) is 12.6. The van der Waals surface area contributed by atoms with Crippen LogP contribution < -0.4 is 0 Å². The van der Waals surface area contributed by atoms with Gasteiger partial charge in [-0.3, -0.25) is 4.79 Å². The zero-order valence-corrected chi connectivity index (χ0v) is 19.4. The summed E-state index contributed by atoms with van der Waals surface area (Å²) in [6, 6.07) is 0. The minimum atomic E-state index is -0.191. The lowest BCUT2D eigenvalue weighted by molar-refractivity contribution is -0.124. The number of hydrogen-bond acceptors (Lipinski definition) is 2. The number of fused-ring (bicyclic) bond motifs is 5. The average Bonchev–Trinajstić information content (AvgIpc) is 3.08. The molecular weight excluding hydrogens is 356 g/mol. The van der Waals surface area contributed by atoms with Gasteiger partial charge in [0.05, 0.1) is 6.61 Å². The topological polar surface area (TPSA) is 37.3 Å². The predicted molar refractivity (Wildman–Crippen MR) is 119 cm³/mol. The summed E-state index contributed by atoms with van der Waals surface area (Å²) < 4.78 is 0. The van der Waals surface area contributed by atoms with Gasteiger partial charge in [-0.25, -0.2) is 0 Å². The Bertz CT molecular complexity index is 651. The van der Waals surface area contributed by atoms with E-state index in [9.17, 15) is 9.90 Å². The van der Waals surface area contributed by atoms with Gasteiger partial charge in [-0.2, -0.15) is 0 Å². The number of Topliss-reactive ketones (excluding diaryl/α,β-unsaturated/α-hetero) is 1. The van der Waals surface area contributed by atoms with Crippen molar-refractivity contribution in [3.8, 4) is 0 Å². The van der Waals surface area contributed by atoms with Crippen molar-refractivity contribution in [3.63, 3.8) is 0 Å². The molecule has 4 aliphatic rings. The summed E-state index contributed by atoms with van der Waals surface area (Å²) in [7, 11) is 0. The minimum absolute atomic E-state index is 0.00618. The van der Waals surface area contributed by atoms with Crippen LogP contribution in [0, 0.1) is 46.3 Å². The van der Waals surface area contributed by atoms with E-state index in [1.807, 2.05) is 12.5 Å². The van der Waals surface area contributed by atoms with E-state index in [1.165, 1.54) is 57.8 Å². The predicted octanol–water partition coefficient (Wildman–Crippen LogP) is 6.57. The average molecular weight is 401 g/mol. The summed E-state index contributed by atoms with van der Waals surface area (Å²) in [4.78, 5) is 12.2. The maximum atomic E-state index is 12.2. The van der Waals surface area contributed by atoms with Crippen molar-refractivity contribution in [2.45, 2.75) is 98.3 Å². The third kappa shape index (κ3) is 3.56. The molecule has 0 aromatic heterocycles. The van der Waals surface area contributed by atoms with Crippen LogP contribution in [-0.2, 0) is 4.79 Å². The summed E-state index contributed by atoms with van der Waals surface area (Å²) in [5.74, 6) is 4.15. The summed E-state index contributed by atoms with van der Waals surface area (Å²) in [6.07, 6.45) is 16.9. The van der Waals surface area contributed by atoms with Gasteiger partial charge in [0.1, 0.15) is 5.78 Å². The SMILES string of the molecule is CC(CO)C(=O)CC[C@@H](C)[C@H]1CC[C@H]2[C@@H]3CC=C4CCCC[C@]4(C)[C@H]3CC[C@]12C. The molecule has 0 saturated heterocycles. The molecule has 0 amide bonds. The Morgan fingerprint density at radius 3 is 2.69 bits per heavy atom. The number of aliphatic hydroxyl groups is 1. The summed E-state index contributed by atoms with van der Waals surface area (Å²) in [5.41, 5.74) is 2.79. The molecule has 4 aliphatic carbocycles. The maximum absolute atomic E-state index is 12.2. The highest BCUT2D eigenvalue weighted by molar-refractivity contribution is 5.80. The Labute approximate surface area is 178 Å². The van der Waals surface area contributed by atoms with Gasteiger partial charge in [0.15, 0.2) is 0 Å². The van der Waals surface area contributed by atoms with E-state index in [2.05, 4.69) is 26.8 Å². The lowest BCUT2D eigenvalue weighted by Crippen LogP contribution is -2.50. The number of ketones is 1. The van der Waals surface area contributed by atoms with Crippen LogP contribution in [0.2, 0.25) is 0 Å². The van der Waals surface area contributed by atoms with E-state index in [-0.39, 0.29) is 18.3 Å². The van der Waals surface area contributed by atoms with Crippen LogP contribution in [0.1, 0.15) is 98.3 Å². The Kier molecular flexibility index (Phi) is 6.06. The molecular formula is C27H44O2. The molecule has 29 heavy (non-hydrogen) atoms. The molecule has 3 fully saturated rings. The molecule has 1 unspecified atom stereocenters. The number of hydrogen-bond donors (Lipinski definition) is 1. The molecule has 3 saturated carbocycles. The third-order valence-corrected chi connectivity index (χ3v) is 10.4. The van der Waals surface area contributed by atoms with E-state index < -0.39 is 0 Å². The Balaban J connectivity index is 1.46. The minimum Gasteiger partial charge on any atom is -0.396 e. The Morgan fingerprint density at radius 1 is 1.14 bits per heavy atom. The van der Waals surface area contributed by atoms with E-state index in [1.54, 1.807) is 0 Å². The van der Waals surface area contributed by atoms with Crippen LogP contribution in [0.4, 0.5) is 0 Å². The number of allylic oxidation sites excluding steroid dienone is 2. The maximum Gasteiger partial charge on any atom is 0.137 e. The first-order chi connectivity index (χ1) is 13.8. The van der Waals surface area contributed by atoms with Gasteiger partial charge in [-0.05, 0) is 98.2 Å². The zero-order valence-electron chi connectivity index (χ0n) is 19.4. The van der Waals surface area contributed by atoms with Gasteiger partial charge in [0.25, 0.3) is 0 Å². The van der Waals surface area contributed by atoms with E-state index in [0.29, 0.717) is 23.2 Å². The Morgan fingerprint density at radius 2 is 1.93 bits per heavy atom. The molecule has 0 heterocycles. The largest absolute Gasteiger partial charge is 0.396 e. The second-order valence-electron chi connectivity index (χ2n) is 11.8. The van der Waals surface area contributed by atoms with Crippen LogP contribution >= 0.6 is 0 Å². The first-order valence-electron chi connectivity index (χ1n) is 12.6. The van der Waals surface area contributed by atoms with Crippen molar-refractivity contribution in [2.24, 2.45) is 46.3 Å². The lowest BCUT2D eigenvalue weighted by atomic mass is 9.47. The molecule has 8 atom stereocenters. The molecule has 0 radical (unpaired) electrons. The van der Waals surface area contributed by atoms with Gasteiger partial charge in [0.2, 0.25) is 0 Å². The van der Waals surface area contributed by atoms with Crippen molar-refractivity contribution in [1.82, 2.24) is 0 Å². The summed E-state index contributed by atoms with van der Waals surface area (Å²) in [5, 5.41) is 9.27. The summed E-state index contributed by atoms with van der Waals surface area (Å²) in [6.45, 7) is 9.48. The molecule has 0 spiro atoms. The van der Waals surface area contributed by atoms with Crippen molar-refractivity contribution in [3.05, 3.63) is 11.6 Å². The van der Waals surface area contributed by atoms with Crippen LogP contribution in [-0.4, -0.2) is 17.5 Å². The Hall–Kier alpha value is -0.630. The lowest BCUT2D eigenvalue weighted by Gasteiger charge is -2.58. The quantitative estimate of drug-likeness (QED) is 0.512. The van der Waals surface area contributed by atoms with Crippen molar-refractivity contribution in [1.29, 1.82) is 0 Å². The molecule has 164 valence electrons. The van der Waals surface area contributed by atoms with Gasteiger partial charge in [0, 0.05) is 12.3 Å². The molecule has 2 heteroatoms. The van der Waals surface area contributed by atoms with E-state index in [0.717, 1.165) is 30.1 Å².